The van der Waals surface area contributed by atoms with Crippen molar-refractivity contribution in [1.82, 2.24) is 9.97 Å². The minimum atomic E-state index is -0.0594. The third-order valence-electron chi connectivity index (χ3n) is 2.81. The number of anilines is 1. The molecule has 0 saturated heterocycles. The Labute approximate surface area is 112 Å². The van der Waals surface area contributed by atoms with Crippen LogP contribution >= 0.6 is 15.9 Å². The molecule has 0 aliphatic rings. The molecule has 0 radical (unpaired) electrons. The summed E-state index contributed by atoms with van der Waals surface area (Å²) in [4.78, 5) is 18.7. The van der Waals surface area contributed by atoms with Crippen LogP contribution in [-0.4, -0.2) is 21.2 Å². The van der Waals surface area contributed by atoms with Crippen LogP contribution in [0.5, 0.6) is 0 Å². The van der Waals surface area contributed by atoms with E-state index in [1.54, 1.807) is 12.4 Å². The standard InChI is InChI=1S/C13H10BrN3O/c14-6-13(18)16-8-1-2-11-10(5-8)9-3-4-15-7-12(9)17-11/h1-5,7,17H,6H2,(H,16,18). The number of aromatic nitrogens is 2. The summed E-state index contributed by atoms with van der Waals surface area (Å²) < 4.78 is 0. The minimum absolute atomic E-state index is 0.0594. The zero-order valence-electron chi connectivity index (χ0n) is 9.40. The van der Waals surface area contributed by atoms with Crippen LogP contribution in [0.1, 0.15) is 0 Å². The van der Waals surface area contributed by atoms with Crippen molar-refractivity contribution in [3.8, 4) is 0 Å². The first-order valence-electron chi connectivity index (χ1n) is 5.49. The van der Waals surface area contributed by atoms with Gasteiger partial charge in [-0.2, -0.15) is 0 Å². The number of nitrogens with zero attached hydrogens (tertiary/aromatic N) is 1. The van der Waals surface area contributed by atoms with Crippen molar-refractivity contribution in [1.29, 1.82) is 0 Å². The number of fused-ring (bicyclic) bond motifs is 3. The highest BCUT2D eigenvalue weighted by molar-refractivity contribution is 9.09. The molecule has 3 aromatic rings. The molecule has 1 amide bonds. The van der Waals surface area contributed by atoms with Crippen molar-refractivity contribution in [3.63, 3.8) is 0 Å². The van der Waals surface area contributed by atoms with E-state index in [2.05, 4.69) is 31.2 Å². The molecule has 0 atom stereocenters. The average Bonchev–Trinajstić information content (AvgIpc) is 2.77. The molecule has 2 N–H and O–H groups in total. The van der Waals surface area contributed by atoms with E-state index in [1.807, 2.05) is 24.3 Å². The number of halogens is 1. The summed E-state index contributed by atoms with van der Waals surface area (Å²) >= 11 is 3.13. The van der Waals surface area contributed by atoms with Crippen molar-refractivity contribution in [3.05, 3.63) is 36.7 Å². The molecule has 1 aromatic carbocycles. The SMILES string of the molecule is O=C(CBr)Nc1ccc2[nH]c3cnccc3c2c1. The van der Waals surface area contributed by atoms with Crippen molar-refractivity contribution in [2.24, 2.45) is 0 Å². The summed E-state index contributed by atoms with van der Waals surface area (Å²) in [6.45, 7) is 0. The van der Waals surface area contributed by atoms with E-state index in [0.29, 0.717) is 5.33 Å². The van der Waals surface area contributed by atoms with Gasteiger partial charge in [-0.3, -0.25) is 9.78 Å². The topological polar surface area (TPSA) is 57.8 Å². The molecule has 0 bridgehead atoms. The van der Waals surface area contributed by atoms with Gasteiger partial charge < -0.3 is 10.3 Å². The predicted molar refractivity (Wildman–Crippen MR) is 76.0 cm³/mol. The van der Waals surface area contributed by atoms with Crippen LogP contribution in [-0.2, 0) is 4.79 Å². The number of benzene rings is 1. The molecule has 0 fully saturated rings. The van der Waals surface area contributed by atoms with E-state index in [0.717, 1.165) is 27.5 Å². The van der Waals surface area contributed by atoms with Crippen LogP contribution in [0.2, 0.25) is 0 Å². The number of aromatic amines is 1. The Bertz CT molecular complexity index is 735. The minimum Gasteiger partial charge on any atom is -0.353 e. The van der Waals surface area contributed by atoms with E-state index < -0.39 is 0 Å². The van der Waals surface area contributed by atoms with Crippen LogP contribution in [0.4, 0.5) is 5.69 Å². The first-order chi connectivity index (χ1) is 8.78. The lowest BCUT2D eigenvalue weighted by Gasteiger charge is -2.02. The number of carbonyl (C=O) groups excluding carboxylic acids is 1. The Morgan fingerprint density at radius 2 is 2.17 bits per heavy atom. The van der Waals surface area contributed by atoms with Crippen molar-refractivity contribution < 1.29 is 4.79 Å². The molecule has 3 rings (SSSR count). The van der Waals surface area contributed by atoms with E-state index in [-0.39, 0.29) is 5.91 Å². The van der Waals surface area contributed by atoms with Crippen LogP contribution in [0, 0.1) is 0 Å². The largest absolute Gasteiger partial charge is 0.353 e. The van der Waals surface area contributed by atoms with Crippen LogP contribution in [0.15, 0.2) is 36.7 Å². The molecule has 0 aliphatic heterocycles. The fraction of sp³-hybridized carbons (Fsp3) is 0.0769. The zero-order chi connectivity index (χ0) is 12.5. The van der Waals surface area contributed by atoms with Gasteiger partial charge in [0.05, 0.1) is 17.0 Å². The lowest BCUT2D eigenvalue weighted by molar-refractivity contribution is -0.113. The molecular formula is C13H10BrN3O. The van der Waals surface area contributed by atoms with Crippen molar-refractivity contribution in [2.75, 3.05) is 10.6 Å². The molecule has 0 saturated carbocycles. The second-order valence-corrected chi connectivity index (χ2v) is 4.55. The van der Waals surface area contributed by atoms with Gasteiger partial charge in [0.25, 0.3) is 0 Å². The highest BCUT2D eigenvalue weighted by Crippen LogP contribution is 2.27. The van der Waals surface area contributed by atoms with Crippen LogP contribution < -0.4 is 5.32 Å². The number of hydrogen-bond acceptors (Lipinski definition) is 2. The van der Waals surface area contributed by atoms with E-state index in [4.69, 9.17) is 0 Å². The third-order valence-corrected chi connectivity index (χ3v) is 3.31. The van der Waals surface area contributed by atoms with Gasteiger partial charge in [-0.05, 0) is 24.3 Å². The van der Waals surface area contributed by atoms with Gasteiger partial charge >= 0.3 is 0 Å². The number of pyridine rings is 1. The fourth-order valence-electron chi connectivity index (χ4n) is 2.02. The van der Waals surface area contributed by atoms with Crippen LogP contribution in [0.3, 0.4) is 0 Å². The smallest absolute Gasteiger partial charge is 0.235 e. The Morgan fingerprint density at radius 3 is 3.00 bits per heavy atom. The van der Waals surface area contributed by atoms with E-state index >= 15 is 0 Å². The number of nitrogens with one attached hydrogen (secondary N) is 2. The lowest BCUT2D eigenvalue weighted by atomic mass is 10.1. The summed E-state index contributed by atoms with van der Waals surface area (Å²) in [6.07, 6.45) is 3.56. The first kappa shape index (κ1) is 11.2. The molecule has 2 heterocycles. The summed E-state index contributed by atoms with van der Waals surface area (Å²) in [6, 6.07) is 7.77. The number of hydrogen-bond donors (Lipinski definition) is 2. The molecule has 2 aromatic heterocycles. The maximum atomic E-state index is 11.3. The van der Waals surface area contributed by atoms with E-state index in [1.165, 1.54) is 0 Å². The second-order valence-electron chi connectivity index (χ2n) is 3.99. The van der Waals surface area contributed by atoms with Gasteiger partial charge in [0.2, 0.25) is 5.91 Å². The quantitative estimate of drug-likeness (QED) is 0.715. The Hall–Kier alpha value is -1.88. The third kappa shape index (κ3) is 1.86. The highest BCUT2D eigenvalue weighted by atomic mass is 79.9. The Morgan fingerprint density at radius 1 is 1.28 bits per heavy atom. The number of amides is 1. The number of alkyl halides is 1. The number of carbonyl (C=O) groups is 1. The second kappa shape index (κ2) is 4.42. The fourth-order valence-corrected chi connectivity index (χ4v) is 2.16. The number of rotatable bonds is 2. The monoisotopic (exact) mass is 303 g/mol. The molecule has 0 aliphatic carbocycles. The van der Waals surface area contributed by atoms with Crippen molar-refractivity contribution >= 4 is 49.3 Å². The van der Waals surface area contributed by atoms with Gasteiger partial charge in [-0.15, -0.1) is 0 Å². The summed E-state index contributed by atoms with van der Waals surface area (Å²) in [7, 11) is 0. The van der Waals surface area contributed by atoms with Gasteiger partial charge in [-0.1, -0.05) is 15.9 Å². The van der Waals surface area contributed by atoms with Gasteiger partial charge in [0, 0.05) is 28.2 Å². The predicted octanol–water partition coefficient (Wildman–Crippen LogP) is 3.05. The molecule has 18 heavy (non-hydrogen) atoms. The Kier molecular flexibility index (Phi) is 2.76. The van der Waals surface area contributed by atoms with Gasteiger partial charge in [0.1, 0.15) is 0 Å². The Balaban J connectivity index is 2.15. The molecule has 0 spiro atoms. The molecule has 4 nitrogen and oxygen atoms in total. The van der Waals surface area contributed by atoms with Crippen molar-refractivity contribution in [2.45, 2.75) is 0 Å². The summed E-state index contributed by atoms with van der Waals surface area (Å²) in [5, 5.41) is 5.31. The molecule has 0 unspecified atom stereocenters. The zero-order valence-corrected chi connectivity index (χ0v) is 11.0. The molecular weight excluding hydrogens is 294 g/mol. The first-order valence-corrected chi connectivity index (χ1v) is 6.61. The summed E-state index contributed by atoms with van der Waals surface area (Å²) in [5.41, 5.74) is 2.83. The maximum Gasteiger partial charge on any atom is 0.235 e. The lowest BCUT2D eigenvalue weighted by Crippen LogP contribution is -2.11. The highest BCUT2D eigenvalue weighted by Gasteiger charge is 2.06. The molecule has 90 valence electrons. The molecule has 5 heteroatoms. The average molecular weight is 304 g/mol. The maximum absolute atomic E-state index is 11.3. The van der Waals surface area contributed by atoms with Crippen LogP contribution in [0.25, 0.3) is 21.8 Å². The van der Waals surface area contributed by atoms with E-state index in [9.17, 15) is 4.79 Å². The number of H-pyrrole nitrogens is 1. The van der Waals surface area contributed by atoms with Gasteiger partial charge in [0.15, 0.2) is 0 Å². The summed E-state index contributed by atoms with van der Waals surface area (Å²) in [5.74, 6) is -0.0594. The normalized spacial score (nSPS) is 10.9. The van der Waals surface area contributed by atoms with Gasteiger partial charge in [-0.25, -0.2) is 0 Å².